The lowest BCUT2D eigenvalue weighted by molar-refractivity contribution is -0.139. The van der Waals surface area contributed by atoms with Crippen LogP contribution in [0.4, 0.5) is 0 Å². The highest BCUT2D eigenvalue weighted by atomic mass is 35.5. The number of ether oxygens (including phenoxy) is 6. The van der Waals surface area contributed by atoms with E-state index < -0.39 is 24.5 Å². The fourth-order valence-corrected chi connectivity index (χ4v) is 15.2. The normalized spacial score (nSPS) is 12.3. The second-order valence-corrected chi connectivity index (χ2v) is 33.0. The molecule has 0 bridgehead atoms. The molecule has 13 aromatic rings. The van der Waals surface area contributed by atoms with Crippen molar-refractivity contribution >= 4 is 196 Å². The number of aliphatic carboxylic acids is 3. The van der Waals surface area contributed by atoms with Crippen LogP contribution in [-0.4, -0.2) is 106 Å². The van der Waals surface area contributed by atoms with Crippen molar-refractivity contribution in [2.45, 2.75) is 26.2 Å². The van der Waals surface area contributed by atoms with E-state index in [0.717, 1.165) is 33.6 Å². The van der Waals surface area contributed by atoms with Crippen molar-refractivity contribution in [1.82, 2.24) is 30.2 Å². The Labute approximate surface area is 732 Å². The van der Waals surface area contributed by atoms with Crippen LogP contribution >= 0.6 is 92.3 Å². The van der Waals surface area contributed by atoms with Crippen LogP contribution in [0.25, 0.3) is 69.4 Å². The van der Waals surface area contributed by atoms with Crippen LogP contribution in [0, 0.1) is 0 Å². The van der Waals surface area contributed by atoms with E-state index >= 15 is 0 Å². The van der Waals surface area contributed by atoms with Gasteiger partial charge in [0.05, 0.1) is 88.6 Å². The van der Waals surface area contributed by atoms with Crippen LogP contribution < -0.4 is 108 Å². The quantitative estimate of drug-likeness (QED) is 0.0188. The number of carbonyl (C=O) groups excluding carboxylic acids is 2. The fraction of sp³-hybridized carbons (Fsp3) is 0.0899. The van der Waals surface area contributed by atoms with Gasteiger partial charge in [0.2, 0.25) is 0 Å². The summed E-state index contributed by atoms with van der Waals surface area (Å²) in [6.07, 6.45) is 10.6. The van der Waals surface area contributed by atoms with Crippen LogP contribution in [0.1, 0.15) is 59.6 Å². The monoisotopic (exact) mass is 1810 g/mol. The van der Waals surface area contributed by atoms with Crippen LogP contribution in [0.15, 0.2) is 223 Å². The number of carboxylic acid groups (broad SMARTS) is 3. The van der Waals surface area contributed by atoms with Gasteiger partial charge >= 0.3 is 17.9 Å². The largest absolute Gasteiger partial charge is 0.504 e. The van der Waals surface area contributed by atoms with Gasteiger partial charge in [0, 0.05) is 28.7 Å². The Bertz CT molecular complexity index is 6950. The zero-order chi connectivity index (χ0) is 88.5. The molecule has 0 aliphatic carbocycles. The number of aromatic nitrogens is 5. The minimum atomic E-state index is -1.09. The Hall–Kier alpha value is -13.8. The molecule has 14 rings (SSSR count). The minimum Gasteiger partial charge on any atom is -0.504 e. The van der Waals surface area contributed by atoms with Gasteiger partial charge in [0.25, 0.3) is 33.7 Å². The molecule has 1 fully saturated rings. The third kappa shape index (κ3) is 30.8. The molecule has 0 atom stereocenters. The zero-order valence-electron chi connectivity index (χ0n) is 65.0. The van der Waals surface area contributed by atoms with Gasteiger partial charge in [-0.05, 0) is 133 Å². The molecule has 630 valence electrons. The van der Waals surface area contributed by atoms with Gasteiger partial charge in [-0.2, -0.15) is 0 Å². The van der Waals surface area contributed by atoms with Gasteiger partial charge in [-0.25, -0.2) is 4.79 Å². The lowest BCUT2D eigenvalue weighted by Gasteiger charge is -2.09. The van der Waals surface area contributed by atoms with E-state index in [9.17, 15) is 53.1 Å². The number of amides is 1. The molecule has 34 heteroatoms. The Kier molecular flexibility index (Phi) is 35.4. The Balaban J connectivity index is 0.000000168. The van der Waals surface area contributed by atoms with Crippen molar-refractivity contribution in [3.8, 4) is 51.7 Å². The highest BCUT2D eigenvalue weighted by Crippen LogP contribution is 2.33. The number of halogens is 1. The molecule has 0 spiro atoms. The number of rotatable bonds is 25. The number of thiocarbonyl (C=S) groups is 1. The van der Waals surface area contributed by atoms with Gasteiger partial charge in [-0.3, -0.25) is 43.2 Å². The van der Waals surface area contributed by atoms with Crippen molar-refractivity contribution in [1.29, 1.82) is 0 Å². The number of aromatic hydroxyl groups is 1. The molecule has 10 N–H and O–H groups in total. The number of aromatic amines is 5. The third-order valence-corrected chi connectivity index (χ3v) is 21.6. The fourth-order valence-electron chi connectivity index (χ4n) is 10.2. The van der Waals surface area contributed by atoms with Crippen molar-refractivity contribution < 1.29 is 72.8 Å². The topological polar surface area (TPSA) is 398 Å². The first-order valence-corrected chi connectivity index (χ1v) is 42.0. The highest BCUT2D eigenvalue weighted by molar-refractivity contribution is 8.26. The number of hydrogen-bond donors (Lipinski definition) is 10. The lowest BCUT2D eigenvalue weighted by atomic mass is 10.2. The molecule has 123 heavy (non-hydrogen) atoms. The van der Waals surface area contributed by atoms with E-state index in [-0.39, 0.29) is 71.3 Å². The molecule has 6 heterocycles. The predicted octanol–water partition coefficient (Wildman–Crippen LogP) is 9.02. The highest BCUT2D eigenvalue weighted by Gasteiger charge is 2.22. The maximum absolute atomic E-state index is 11.8. The second kappa shape index (κ2) is 46.7. The number of ketones is 1. The number of nitrogens with one attached hydrogen (secondary N) is 6. The molecule has 1 amide bonds. The van der Waals surface area contributed by atoms with Crippen molar-refractivity contribution in [2.75, 3.05) is 26.4 Å². The average Bonchev–Trinajstić information content (AvgIpc) is 1.11. The van der Waals surface area contributed by atoms with Crippen molar-refractivity contribution in [3.63, 3.8) is 0 Å². The number of Topliss-reactive ketones (excluding diaryl/α,β-unsaturated/α-hetero) is 1. The Morgan fingerprint density at radius 2 is 0.821 bits per heavy atom. The molecule has 8 aromatic carbocycles. The number of thiazole rings is 5. The van der Waals surface area contributed by atoms with Crippen molar-refractivity contribution in [2.24, 2.45) is 0 Å². The molecule has 1 saturated heterocycles. The number of carboxylic acids is 3. The van der Waals surface area contributed by atoms with Crippen LogP contribution in [-0.2, 0) is 24.0 Å². The van der Waals surface area contributed by atoms with E-state index in [4.69, 9.17) is 67.6 Å². The molecular formula is C89H75ClN6O20S7. The van der Waals surface area contributed by atoms with E-state index in [2.05, 4.69) is 63.1 Å². The van der Waals surface area contributed by atoms with Gasteiger partial charge < -0.3 is 79.1 Å². The summed E-state index contributed by atoms with van der Waals surface area (Å²) < 4.78 is 39.1. The number of H-pyrrole nitrogens is 5. The Morgan fingerprint density at radius 3 is 1.29 bits per heavy atom. The van der Waals surface area contributed by atoms with Gasteiger partial charge in [0.15, 0.2) is 18.1 Å². The van der Waals surface area contributed by atoms with Crippen LogP contribution in [0.2, 0.25) is 5.02 Å². The second-order valence-electron chi connectivity index (χ2n) is 25.2. The average molecular weight is 1810 g/mol. The standard InChI is InChI=1S/C17H13NO3S.C17H13NO2S.2C14H13NO4S.C14H13NO3S2.C13H10ClNO4S/c1-11-18-17(20)16(22-11)10-12-6-2-4-8-14(12)21-15-9-5-3-7-13(15)19;1-12-18-17(19)16(21-12)11-13-7-5-6-10-15(13)20-14-8-3-2-4-9-14;1-9-15-14(18)12(20-9)8-10-3-2-4-11(7-10)19-6-5-13(16)17;1-9-15-14(18)12(20-9)8-10-4-2-3-5-11(10)19-7-6-13(16)17;1-9(16)6-7-18-11-4-2-10(3-5-11)8-12-13(17)15-14(19)20-12;1-7-15-13(18)11(20-7)5-8-9(14)3-2-4-10(8)19-6-12(16)17/h2-10,19H,1H2,(H,18,20);2-11H,1H2,(H,18,19);2-4,7-8H,1,5-6H2,(H,15,18)(H,16,17);2-5,8H,1,6-7H2,(H,15,18)(H,16,17);2-5,8H,6-7H2,1H3,(H,15,17,19);2-5H,1,6H2,(H,15,18)(H,16,17)/b16-10-;16-11-;3*12-8-;11-5-. The zero-order valence-corrected chi connectivity index (χ0v) is 71.5. The third-order valence-electron chi connectivity index (χ3n) is 15.7. The minimum absolute atomic E-state index is 0.0522. The first-order chi connectivity index (χ1) is 59.0. The maximum atomic E-state index is 11.8. The number of thioether (sulfide) groups is 1. The van der Waals surface area contributed by atoms with E-state index in [1.807, 2.05) is 115 Å². The summed E-state index contributed by atoms with van der Waals surface area (Å²) in [5.41, 5.74) is 3.56. The van der Waals surface area contributed by atoms with Crippen molar-refractivity contribution in [3.05, 3.63) is 335 Å². The summed E-state index contributed by atoms with van der Waals surface area (Å²) in [5.74, 6) is 1.61. The smallest absolute Gasteiger partial charge is 0.341 e. The van der Waals surface area contributed by atoms with Gasteiger partial charge in [-0.1, -0.05) is 184 Å². The molecule has 1 aliphatic heterocycles. The number of carbonyl (C=O) groups is 5. The summed E-state index contributed by atoms with van der Waals surface area (Å²) >= 11 is 18.6. The lowest BCUT2D eigenvalue weighted by Crippen LogP contribution is -2.20. The predicted molar refractivity (Wildman–Crippen MR) is 490 cm³/mol. The Morgan fingerprint density at radius 1 is 0.407 bits per heavy atom. The SMILES string of the molecule is C=c1[nH]c(=O)/c(=C/c2c(Cl)cccc2OCC(=O)O)s1.C=c1[nH]c(=O)/c(=C/c2cccc(OCCC(=O)O)c2)s1.C=c1[nH]c(=O)/c(=C/c2ccccc2OCCC(=O)O)s1.C=c1[nH]c(=O)/c(=C/c2ccccc2Oc2ccccc2)s1.C=c1[nH]c(=O)/c(=C/c2ccccc2Oc2ccccc2O)s1.CC(=O)CCOc1ccc(/C=C2\SC(=S)NC2=O)cc1. The molecule has 1 aliphatic rings. The number of phenolic OH excluding ortho intramolecular Hbond substituents is 1. The first-order valence-electron chi connectivity index (χ1n) is 36.3. The van der Waals surface area contributed by atoms with E-state index in [1.54, 1.807) is 115 Å². The number of phenols is 1. The molecule has 5 aromatic heterocycles. The van der Waals surface area contributed by atoms with Gasteiger partial charge in [-0.15, -0.1) is 56.7 Å². The molecule has 26 nitrogen and oxygen atoms in total. The summed E-state index contributed by atoms with van der Waals surface area (Å²) in [6, 6.07) is 57.7. The molecule has 0 radical (unpaired) electrons. The van der Waals surface area contributed by atoms with Gasteiger partial charge in [0.1, 0.15) is 50.4 Å². The molecule has 0 unspecified atom stereocenters. The number of hydrogen-bond acceptors (Lipinski definition) is 24. The molecule has 0 saturated carbocycles. The van der Waals surface area contributed by atoms with E-state index in [1.165, 1.54) is 75.4 Å². The number of benzene rings is 8. The first kappa shape index (κ1) is 93.1. The summed E-state index contributed by atoms with van der Waals surface area (Å²) in [6.45, 7) is 20.1. The summed E-state index contributed by atoms with van der Waals surface area (Å²) in [7, 11) is 0. The summed E-state index contributed by atoms with van der Waals surface area (Å²) in [5, 5.41) is 38.5. The van der Waals surface area contributed by atoms with Crippen LogP contribution in [0.5, 0.6) is 51.7 Å². The summed E-state index contributed by atoms with van der Waals surface area (Å²) in [4.78, 5) is 126. The van der Waals surface area contributed by atoms with Crippen LogP contribution in [0.3, 0.4) is 0 Å². The molecular weight excluding hydrogens is 1730 g/mol. The number of para-hydroxylation sites is 6. The maximum Gasteiger partial charge on any atom is 0.341 e. The van der Waals surface area contributed by atoms with E-state index in [0.29, 0.717) is 119 Å².